The van der Waals surface area contributed by atoms with E-state index in [9.17, 15) is 27.6 Å². The van der Waals surface area contributed by atoms with Crippen molar-refractivity contribution in [2.75, 3.05) is 5.32 Å². The first-order valence-electron chi connectivity index (χ1n) is 13.6. The summed E-state index contributed by atoms with van der Waals surface area (Å²) in [5, 5.41) is 12.2. The Kier molecular flexibility index (Phi) is 8.66. The summed E-state index contributed by atoms with van der Waals surface area (Å²) < 4.78 is 30.0. The zero-order chi connectivity index (χ0) is 32.3. The number of cyclic esters (lactones) is 1. The van der Waals surface area contributed by atoms with Gasteiger partial charge in [-0.25, -0.2) is 23.8 Å². The van der Waals surface area contributed by atoms with Gasteiger partial charge in [0, 0.05) is 29.2 Å². The highest BCUT2D eigenvalue weighted by Gasteiger charge is 2.45. The Bertz CT molecular complexity index is 1980. The lowest BCUT2D eigenvalue weighted by atomic mass is 9.84. The second-order valence-electron chi connectivity index (χ2n) is 10.2. The van der Waals surface area contributed by atoms with Gasteiger partial charge in [-0.05, 0) is 61.4 Å². The molecule has 12 nitrogen and oxygen atoms in total. The van der Waals surface area contributed by atoms with Crippen LogP contribution in [-0.4, -0.2) is 42.7 Å². The molecule has 0 spiro atoms. The largest absolute Gasteiger partial charge is 0.453 e. The van der Waals surface area contributed by atoms with E-state index in [4.69, 9.17) is 9.88 Å². The van der Waals surface area contributed by atoms with E-state index in [1.54, 1.807) is 37.3 Å². The fraction of sp³-hybridized carbons (Fsp3) is 0.125. The summed E-state index contributed by atoms with van der Waals surface area (Å²) in [6.45, 7) is 3.65. The van der Waals surface area contributed by atoms with Crippen molar-refractivity contribution in [1.82, 2.24) is 10.4 Å². The van der Waals surface area contributed by atoms with Crippen LogP contribution in [0.2, 0.25) is 0 Å². The van der Waals surface area contributed by atoms with E-state index < -0.39 is 56.2 Å². The third-order valence-electron chi connectivity index (χ3n) is 7.37. The number of primary sulfonamides is 1. The van der Waals surface area contributed by atoms with Crippen LogP contribution in [0, 0.1) is 19.8 Å². The topological polar surface area (TPSA) is 187 Å². The van der Waals surface area contributed by atoms with Crippen LogP contribution in [0.4, 0.5) is 5.69 Å². The lowest BCUT2D eigenvalue weighted by Crippen LogP contribution is -2.40. The average Bonchev–Trinajstić information content (AvgIpc) is 3.36. The number of hydrazone groups is 1. The molecule has 5 rings (SSSR count). The van der Waals surface area contributed by atoms with E-state index in [0.29, 0.717) is 11.3 Å². The fourth-order valence-electron chi connectivity index (χ4n) is 4.93. The van der Waals surface area contributed by atoms with Crippen LogP contribution in [0.3, 0.4) is 0 Å². The molecule has 0 unspecified atom stereocenters. The van der Waals surface area contributed by atoms with Gasteiger partial charge in [0.15, 0.2) is 5.78 Å². The maximum absolute atomic E-state index is 14.2. The number of sulfonamides is 1. The molecule has 2 amide bonds. The Morgan fingerprint density at radius 1 is 0.933 bits per heavy atom. The van der Waals surface area contributed by atoms with Crippen LogP contribution in [0.15, 0.2) is 101 Å². The number of amides is 2. The van der Waals surface area contributed by atoms with Crippen molar-refractivity contribution >= 4 is 45.0 Å². The number of aromatic nitrogens is 1. The Hall–Kier alpha value is -5.53. The Labute approximate surface area is 258 Å². The Morgan fingerprint density at radius 2 is 1.62 bits per heavy atom. The number of rotatable bonds is 9. The molecule has 4 aromatic rings. The maximum Gasteiger partial charge on any atom is 0.339 e. The lowest BCUT2D eigenvalue weighted by molar-refractivity contribution is -0.110. The number of fused-ring (bicyclic) bond motifs is 1. The van der Waals surface area contributed by atoms with Crippen LogP contribution < -0.4 is 15.9 Å². The quantitative estimate of drug-likeness (QED) is 0.109. The number of benzene rings is 3. The molecule has 0 fully saturated rings. The minimum Gasteiger partial charge on any atom is -0.453 e. The van der Waals surface area contributed by atoms with E-state index in [2.05, 4.69) is 20.8 Å². The molecule has 0 aliphatic carbocycles. The summed E-state index contributed by atoms with van der Waals surface area (Å²) in [7, 11) is -4.31. The molecule has 0 radical (unpaired) electrons. The van der Waals surface area contributed by atoms with Gasteiger partial charge in [-0.2, -0.15) is 5.10 Å². The molecule has 0 saturated carbocycles. The van der Waals surface area contributed by atoms with Crippen molar-refractivity contribution in [1.29, 1.82) is 0 Å². The first kappa shape index (κ1) is 30.9. The number of hydrogen-bond acceptors (Lipinski definition) is 9. The molecule has 13 heteroatoms. The SMILES string of the molecule is Cc1cccc(NC(=O)/C(=N/NC(=O)c2ccccc2S(N)(=O)=O)[C@H](C(=O)c2ccncc2)[C@H]2OC(=O)c3ccccc32)c1C. The third-order valence-corrected chi connectivity index (χ3v) is 8.34. The number of ether oxygens (including phenoxy) is 1. The molecular formula is C32H27N5O7S. The smallest absolute Gasteiger partial charge is 0.339 e. The highest BCUT2D eigenvalue weighted by atomic mass is 32.2. The molecule has 0 saturated heterocycles. The van der Waals surface area contributed by atoms with E-state index in [-0.39, 0.29) is 16.7 Å². The number of ketones is 1. The molecule has 1 aliphatic heterocycles. The second-order valence-corrected chi connectivity index (χ2v) is 11.7. The monoisotopic (exact) mass is 625 g/mol. The summed E-state index contributed by atoms with van der Waals surface area (Å²) in [5.74, 6) is -4.81. The van der Waals surface area contributed by atoms with Gasteiger partial charge in [0.05, 0.1) is 16.0 Å². The number of aryl methyl sites for hydroxylation is 1. The summed E-state index contributed by atoms with van der Waals surface area (Å²) >= 11 is 0. The zero-order valence-corrected chi connectivity index (χ0v) is 24.9. The van der Waals surface area contributed by atoms with Crippen LogP contribution in [-0.2, 0) is 19.6 Å². The molecule has 0 bridgehead atoms. The normalized spacial score (nSPS) is 15.0. The first-order valence-corrected chi connectivity index (χ1v) is 15.1. The average molecular weight is 626 g/mol. The second kappa shape index (κ2) is 12.6. The molecule has 2 heterocycles. The zero-order valence-electron chi connectivity index (χ0n) is 24.1. The number of nitrogens with one attached hydrogen (secondary N) is 2. The van der Waals surface area contributed by atoms with Crippen molar-refractivity contribution in [3.8, 4) is 0 Å². The molecule has 1 aliphatic rings. The molecule has 3 aromatic carbocycles. The van der Waals surface area contributed by atoms with Gasteiger partial charge in [-0.15, -0.1) is 0 Å². The number of anilines is 1. The number of carbonyl (C=O) groups is 4. The predicted molar refractivity (Wildman–Crippen MR) is 164 cm³/mol. The van der Waals surface area contributed by atoms with Crippen molar-refractivity contribution in [2.24, 2.45) is 16.2 Å². The standard InChI is InChI=1S/C32H27N5O7S/c1-18-8-7-12-24(19(18)2)35-31(40)27(36-37-30(39)23-11-5-6-13-25(23)45(33,42)43)26(28(38)20-14-16-34-17-15-20)29-21-9-3-4-10-22(21)32(41)44-29/h3-17,26,29H,1-2H3,(H,35,40)(H,37,39)(H2,33,42,43)/b36-27+/t26-,29+/m1/s1. The number of Topliss-reactive ketones (excluding diaryl/α,β-unsaturated/α-hetero) is 1. The molecule has 1 aromatic heterocycles. The summed E-state index contributed by atoms with van der Waals surface area (Å²) in [6.07, 6.45) is 1.47. The number of carbonyl (C=O) groups excluding carboxylic acids is 4. The maximum atomic E-state index is 14.2. The first-order chi connectivity index (χ1) is 21.5. The molecular weight excluding hydrogens is 598 g/mol. The number of nitrogens with two attached hydrogens (primary N) is 1. The van der Waals surface area contributed by atoms with Crippen molar-refractivity contribution in [2.45, 2.75) is 24.8 Å². The minimum atomic E-state index is -4.31. The van der Waals surface area contributed by atoms with Crippen LogP contribution in [0.1, 0.15) is 53.9 Å². The number of esters is 1. The van der Waals surface area contributed by atoms with E-state index in [1.165, 1.54) is 48.8 Å². The van der Waals surface area contributed by atoms with Gasteiger partial charge in [-0.3, -0.25) is 19.4 Å². The highest BCUT2D eigenvalue weighted by molar-refractivity contribution is 7.89. The highest BCUT2D eigenvalue weighted by Crippen LogP contribution is 2.38. The minimum absolute atomic E-state index is 0.133. The van der Waals surface area contributed by atoms with Crippen LogP contribution in [0.5, 0.6) is 0 Å². The number of nitrogens with zero attached hydrogens (tertiary/aromatic N) is 2. The number of pyridine rings is 1. The summed E-state index contributed by atoms with van der Waals surface area (Å²) in [5.41, 5.74) is 4.08. The van der Waals surface area contributed by atoms with Gasteiger partial charge in [0.1, 0.15) is 17.7 Å². The lowest BCUT2D eigenvalue weighted by Gasteiger charge is -2.24. The van der Waals surface area contributed by atoms with Gasteiger partial charge in [0.25, 0.3) is 11.8 Å². The van der Waals surface area contributed by atoms with Crippen LogP contribution >= 0.6 is 0 Å². The van der Waals surface area contributed by atoms with Gasteiger partial charge in [-0.1, -0.05) is 42.5 Å². The molecule has 2 atom stereocenters. The van der Waals surface area contributed by atoms with Gasteiger partial charge in [0.2, 0.25) is 10.0 Å². The Morgan fingerprint density at radius 3 is 2.36 bits per heavy atom. The number of hydrogen-bond donors (Lipinski definition) is 3. The van der Waals surface area contributed by atoms with Crippen LogP contribution in [0.25, 0.3) is 0 Å². The fourth-order valence-corrected chi connectivity index (χ4v) is 5.67. The summed E-state index contributed by atoms with van der Waals surface area (Å²) in [6, 6.07) is 19.7. The van der Waals surface area contributed by atoms with Crippen molar-refractivity contribution < 1.29 is 32.3 Å². The Balaban J connectivity index is 1.66. The van der Waals surface area contributed by atoms with Gasteiger partial charge >= 0.3 is 5.97 Å². The van der Waals surface area contributed by atoms with Crippen molar-refractivity contribution in [3.05, 3.63) is 125 Å². The van der Waals surface area contributed by atoms with Crippen molar-refractivity contribution in [3.63, 3.8) is 0 Å². The van der Waals surface area contributed by atoms with E-state index >= 15 is 0 Å². The van der Waals surface area contributed by atoms with E-state index in [1.807, 2.05) is 13.0 Å². The van der Waals surface area contributed by atoms with E-state index in [0.717, 1.165) is 17.2 Å². The molecule has 228 valence electrons. The third kappa shape index (κ3) is 6.39. The molecule has 45 heavy (non-hydrogen) atoms. The van der Waals surface area contributed by atoms with Gasteiger partial charge < -0.3 is 10.1 Å². The summed E-state index contributed by atoms with van der Waals surface area (Å²) in [4.78, 5) is 57.9. The molecule has 4 N–H and O–H groups in total. The predicted octanol–water partition coefficient (Wildman–Crippen LogP) is 3.48.